The number of non-ortho nitro benzene ring substituents is 1. The molecule has 3 rings (SSSR count). The van der Waals surface area contributed by atoms with Crippen molar-refractivity contribution in [2.24, 2.45) is 10.2 Å². The first-order valence-corrected chi connectivity index (χ1v) is 10.8. The quantitative estimate of drug-likeness (QED) is 0.0902. The van der Waals surface area contributed by atoms with Crippen LogP contribution in [0.5, 0.6) is 11.5 Å². The molecule has 0 heterocycles. The predicted molar refractivity (Wildman–Crippen MR) is 106 cm³/mol. The van der Waals surface area contributed by atoms with Crippen molar-refractivity contribution in [1.29, 1.82) is 0 Å². The van der Waals surface area contributed by atoms with Crippen LogP contribution >= 0.6 is 0 Å². The maximum atomic E-state index is 11.8. The second kappa shape index (κ2) is 10.7. The predicted octanol–water partition coefficient (Wildman–Crippen LogP) is -2.70. The minimum atomic E-state index is -5.03. The monoisotopic (exact) mass is 517 g/mol. The Morgan fingerprint density at radius 3 is 1.94 bits per heavy atom. The van der Waals surface area contributed by atoms with Crippen molar-refractivity contribution in [3.05, 3.63) is 52.6 Å². The Kier molecular flexibility index (Phi) is 9.55. The molecule has 0 radical (unpaired) electrons. The zero-order valence-electron chi connectivity index (χ0n) is 18.9. The van der Waals surface area contributed by atoms with Gasteiger partial charge in [0.1, 0.15) is 16.3 Å². The first-order valence-electron chi connectivity index (χ1n) is 7.93. The normalized spacial score (nSPS) is 11.7. The summed E-state index contributed by atoms with van der Waals surface area (Å²) < 4.78 is 64.9. The number of fused-ring (bicyclic) bond motifs is 1. The molecule has 0 aliphatic rings. The van der Waals surface area contributed by atoms with Crippen LogP contribution in [0.4, 0.5) is 17.1 Å². The second-order valence-corrected chi connectivity index (χ2v) is 8.85. The Balaban J connectivity index is 0. The van der Waals surface area contributed by atoms with Crippen LogP contribution in [0, 0.1) is 10.1 Å². The number of hydrogen-bond donors (Lipinski definition) is 4. The maximum Gasteiger partial charge on any atom is 1.00 e. The number of nitro groups is 1. The Bertz CT molecular complexity index is 1490. The first kappa shape index (κ1) is 29.4. The molecule has 17 heteroatoms. The summed E-state index contributed by atoms with van der Waals surface area (Å²) in [7, 11) is -9.82. The van der Waals surface area contributed by atoms with Gasteiger partial charge in [0.2, 0.25) is 0 Å². The number of azo groups is 1. The average Bonchev–Trinajstić information content (AvgIpc) is 2.65. The molecule has 0 aromatic heterocycles. The van der Waals surface area contributed by atoms with Crippen molar-refractivity contribution in [3.63, 3.8) is 0 Å². The van der Waals surface area contributed by atoms with Crippen molar-refractivity contribution in [2.75, 3.05) is 0 Å². The van der Waals surface area contributed by atoms with Crippen molar-refractivity contribution in [1.82, 2.24) is 0 Å². The van der Waals surface area contributed by atoms with Gasteiger partial charge in [0.15, 0.2) is 5.75 Å². The van der Waals surface area contributed by atoms with E-state index in [-0.39, 0.29) is 78.7 Å². The molecule has 0 atom stereocenters. The van der Waals surface area contributed by atoms with Gasteiger partial charge in [0.25, 0.3) is 25.9 Å². The molecule has 0 aliphatic carbocycles. The molecule has 166 valence electrons. The molecule has 0 saturated heterocycles. The summed E-state index contributed by atoms with van der Waals surface area (Å²) in [6.45, 7) is 0. The molecule has 33 heavy (non-hydrogen) atoms. The summed E-state index contributed by atoms with van der Waals surface area (Å²) in [6, 6.07) is 6.65. The van der Waals surface area contributed by atoms with Gasteiger partial charge >= 0.3 is 59.1 Å². The molecule has 0 unspecified atom stereocenters. The standard InChI is InChI=1S/C16H11N3O10S2.2Na.2H/c20-12-7-11(30(24,25)26)5-8-6-13(31(27,28)29)15(16(21)14(8)12)18-17-9-1-3-10(4-2-9)19(22)23;;;;/h1-7,20-21H,(H,24,25,26)(H,27,28,29);;;;/q;2*+1;2*-1. The summed E-state index contributed by atoms with van der Waals surface area (Å²) >= 11 is 0. The SMILES string of the molecule is O=[N+]([O-])c1ccc(N=Nc2c(S(=O)(=O)O)cc3cc(S(=O)(=O)O)cc(O)c3c2O)cc1.[H-].[H-].[Na+].[Na+]. The number of rotatable bonds is 5. The van der Waals surface area contributed by atoms with E-state index in [2.05, 4.69) is 10.2 Å². The Morgan fingerprint density at radius 1 is 0.879 bits per heavy atom. The number of hydrogen-bond acceptors (Lipinski definition) is 10. The van der Waals surface area contributed by atoms with Crippen LogP contribution < -0.4 is 59.1 Å². The van der Waals surface area contributed by atoms with Crippen molar-refractivity contribution < 1.29 is 103 Å². The zero-order chi connectivity index (χ0) is 23.1. The van der Waals surface area contributed by atoms with E-state index in [1.807, 2.05) is 0 Å². The molecule has 0 bridgehead atoms. The van der Waals surface area contributed by atoms with E-state index in [4.69, 9.17) is 4.55 Å². The topological polar surface area (TPSA) is 217 Å². The van der Waals surface area contributed by atoms with Crippen LogP contribution in [0.1, 0.15) is 2.85 Å². The van der Waals surface area contributed by atoms with Gasteiger partial charge in [-0.3, -0.25) is 19.2 Å². The second-order valence-electron chi connectivity index (χ2n) is 6.04. The average molecular weight is 517 g/mol. The third kappa shape index (κ3) is 6.48. The van der Waals surface area contributed by atoms with Gasteiger partial charge in [0.05, 0.1) is 20.9 Å². The van der Waals surface area contributed by atoms with Gasteiger partial charge in [0, 0.05) is 18.2 Å². The van der Waals surface area contributed by atoms with Gasteiger partial charge < -0.3 is 13.1 Å². The number of nitrogens with zero attached hydrogens (tertiary/aromatic N) is 3. The van der Waals surface area contributed by atoms with E-state index in [0.717, 1.165) is 18.2 Å². The van der Waals surface area contributed by atoms with Crippen LogP contribution in [0.2, 0.25) is 0 Å². The third-order valence-corrected chi connectivity index (χ3v) is 5.70. The fraction of sp³-hybridized carbons (Fsp3) is 0. The fourth-order valence-electron chi connectivity index (χ4n) is 2.63. The van der Waals surface area contributed by atoms with Crippen molar-refractivity contribution in [2.45, 2.75) is 9.79 Å². The maximum absolute atomic E-state index is 11.8. The van der Waals surface area contributed by atoms with Crippen LogP contribution in [0.15, 0.2) is 62.5 Å². The number of nitro benzene ring substituents is 1. The van der Waals surface area contributed by atoms with Crippen LogP contribution in [0.25, 0.3) is 10.8 Å². The number of aromatic hydroxyl groups is 2. The molecule has 13 nitrogen and oxygen atoms in total. The molecule has 0 fully saturated rings. The van der Waals surface area contributed by atoms with E-state index >= 15 is 0 Å². The van der Waals surface area contributed by atoms with Crippen LogP contribution in [-0.2, 0) is 20.2 Å². The minimum absolute atomic E-state index is 0. The van der Waals surface area contributed by atoms with Crippen LogP contribution in [-0.4, -0.2) is 41.1 Å². The molecule has 0 saturated carbocycles. The van der Waals surface area contributed by atoms with E-state index in [1.54, 1.807) is 0 Å². The molecule has 0 aliphatic heterocycles. The third-order valence-electron chi connectivity index (χ3n) is 4.00. The summed E-state index contributed by atoms with van der Waals surface area (Å²) in [5.41, 5.74) is -1.01. The van der Waals surface area contributed by atoms with Gasteiger partial charge in [-0.2, -0.15) is 21.9 Å². The minimum Gasteiger partial charge on any atom is -1.00 e. The summed E-state index contributed by atoms with van der Waals surface area (Å²) in [4.78, 5) is 8.25. The summed E-state index contributed by atoms with van der Waals surface area (Å²) in [5, 5.41) is 37.7. The van der Waals surface area contributed by atoms with E-state index in [0.29, 0.717) is 12.1 Å². The van der Waals surface area contributed by atoms with Crippen molar-refractivity contribution >= 4 is 48.1 Å². The smallest absolute Gasteiger partial charge is 1.00 e. The zero-order valence-corrected chi connectivity index (χ0v) is 22.6. The first-order chi connectivity index (χ1) is 14.3. The number of phenolic OH excluding ortho intramolecular Hbond substituents is 2. The van der Waals surface area contributed by atoms with Gasteiger partial charge in [-0.15, -0.1) is 5.11 Å². The van der Waals surface area contributed by atoms with Gasteiger partial charge in [-0.25, -0.2) is 0 Å². The van der Waals surface area contributed by atoms with Gasteiger partial charge in [-0.05, 0) is 29.7 Å². The summed E-state index contributed by atoms with van der Waals surface area (Å²) in [6.07, 6.45) is 0. The molecule has 3 aromatic rings. The van der Waals surface area contributed by atoms with E-state index in [1.165, 1.54) is 12.1 Å². The molecule has 3 aromatic carbocycles. The molecule has 0 amide bonds. The molecular weight excluding hydrogens is 504 g/mol. The van der Waals surface area contributed by atoms with Crippen LogP contribution in [0.3, 0.4) is 0 Å². The van der Waals surface area contributed by atoms with E-state index < -0.39 is 57.5 Å². The summed E-state index contributed by atoms with van der Waals surface area (Å²) in [5.74, 6) is -1.80. The van der Waals surface area contributed by atoms with Gasteiger partial charge in [-0.1, -0.05) is 0 Å². The Hall–Kier alpha value is -1.66. The fourth-order valence-corrected chi connectivity index (χ4v) is 3.82. The molecule has 0 spiro atoms. The Morgan fingerprint density at radius 2 is 1.45 bits per heavy atom. The number of phenols is 2. The number of benzene rings is 3. The van der Waals surface area contributed by atoms with Crippen molar-refractivity contribution in [3.8, 4) is 11.5 Å². The largest absolute Gasteiger partial charge is 1.00 e. The molecule has 4 N–H and O–H groups in total. The molecular formula is C16H13N3Na2O10S2. The Labute approximate surface area is 233 Å². The van der Waals surface area contributed by atoms with E-state index in [9.17, 15) is 41.7 Å².